The molecule has 0 amide bonds. The monoisotopic (exact) mass is 296 g/mol. The molecule has 114 valence electrons. The van der Waals surface area contributed by atoms with E-state index in [1.54, 1.807) is 0 Å². The van der Waals surface area contributed by atoms with Crippen molar-refractivity contribution in [1.29, 1.82) is 0 Å². The van der Waals surface area contributed by atoms with Crippen molar-refractivity contribution in [2.24, 2.45) is 5.41 Å². The van der Waals surface area contributed by atoms with Crippen LogP contribution in [0, 0.1) is 5.41 Å². The largest absolute Gasteiger partial charge is 0.368 e. The Morgan fingerprint density at radius 2 is 2.15 bits per heavy atom. The van der Waals surface area contributed by atoms with Crippen LogP contribution in [0.15, 0.2) is 0 Å². The van der Waals surface area contributed by atoms with Crippen molar-refractivity contribution < 1.29 is 4.74 Å². The van der Waals surface area contributed by atoms with Gasteiger partial charge in [0.25, 0.3) is 0 Å². The van der Waals surface area contributed by atoms with Gasteiger partial charge in [0.2, 0.25) is 0 Å². The highest BCUT2D eigenvalue weighted by atomic mass is 32.1. The normalized spacial score (nSPS) is 24.2. The molecule has 0 spiro atoms. The summed E-state index contributed by atoms with van der Waals surface area (Å²) in [5.74, 6) is 0. The summed E-state index contributed by atoms with van der Waals surface area (Å²) < 4.78 is 5.99. The average Bonchev–Trinajstić information content (AvgIpc) is 2.80. The van der Waals surface area contributed by atoms with Gasteiger partial charge in [0.15, 0.2) is 0 Å². The highest BCUT2D eigenvalue weighted by Gasteiger charge is 2.37. The second-order valence-electron chi connectivity index (χ2n) is 6.73. The smallest absolute Gasteiger partial charge is 0.125 e. The Labute approximate surface area is 127 Å². The molecule has 1 heterocycles. The zero-order valence-corrected chi connectivity index (χ0v) is 14.5. The molecular weight excluding hydrogens is 268 g/mol. The van der Waals surface area contributed by atoms with E-state index in [1.165, 1.54) is 17.0 Å². The van der Waals surface area contributed by atoms with Crippen LogP contribution in [0.1, 0.15) is 69.1 Å². The number of fused-ring (bicyclic) bond motifs is 1. The lowest BCUT2D eigenvalue weighted by Crippen LogP contribution is -2.30. The van der Waals surface area contributed by atoms with E-state index in [2.05, 4.69) is 47.0 Å². The molecule has 2 unspecified atom stereocenters. The van der Waals surface area contributed by atoms with Crippen LogP contribution in [0.4, 0.5) is 0 Å². The van der Waals surface area contributed by atoms with E-state index >= 15 is 0 Å². The topological polar surface area (TPSA) is 34.1 Å². The summed E-state index contributed by atoms with van der Waals surface area (Å²) in [6.45, 7) is 11.8. The third kappa shape index (κ3) is 2.92. The molecule has 2 rings (SSSR count). The van der Waals surface area contributed by atoms with Gasteiger partial charge in [0.05, 0.1) is 5.69 Å². The third-order valence-corrected chi connectivity index (χ3v) is 5.84. The van der Waals surface area contributed by atoms with Crippen LogP contribution in [0.2, 0.25) is 0 Å². The molecule has 1 aliphatic carbocycles. The molecule has 4 heteroatoms. The molecule has 0 aromatic carbocycles. The van der Waals surface area contributed by atoms with Gasteiger partial charge in [-0.2, -0.15) is 0 Å². The summed E-state index contributed by atoms with van der Waals surface area (Å²) in [4.78, 5) is 6.38. The van der Waals surface area contributed by atoms with Gasteiger partial charge in [-0.25, -0.2) is 4.98 Å². The van der Waals surface area contributed by atoms with E-state index in [0.717, 1.165) is 24.5 Å². The van der Waals surface area contributed by atoms with Gasteiger partial charge in [0.1, 0.15) is 10.6 Å². The van der Waals surface area contributed by atoms with Crippen LogP contribution in [-0.2, 0) is 16.8 Å². The van der Waals surface area contributed by atoms with Gasteiger partial charge in [-0.3, -0.25) is 0 Å². The number of ether oxygens (including phenoxy) is 1. The van der Waals surface area contributed by atoms with E-state index in [4.69, 9.17) is 9.72 Å². The first-order valence-electron chi connectivity index (χ1n) is 7.66. The predicted molar refractivity (Wildman–Crippen MR) is 85.3 cm³/mol. The number of thiazole rings is 1. The molecule has 0 fully saturated rings. The Hall–Kier alpha value is -0.450. The van der Waals surface area contributed by atoms with E-state index in [9.17, 15) is 0 Å². The third-order valence-electron chi connectivity index (χ3n) is 4.39. The summed E-state index contributed by atoms with van der Waals surface area (Å²) in [7, 11) is 2.05. The first-order valence-corrected chi connectivity index (χ1v) is 8.48. The first-order chi connectivity index (χ1) is 9.35. The number of nitrogens with zero attached hydrogens (tertiary/aromatic N) is 1. The van der Waals surface area contributed by atoms with Gasteiger partial charge in [-0.1, -0.05) is 20.8 Å². The van der Waals surface area contributed by atoms with Crippen LogP contribution >= 0.6 is 11.3 Å². The average molecular weight is 296 g/mol. The van der Waals surface area contributed by atoms with Gasteiger partial charge >= 0.3 is 0 Å². The summed E-state index contributed by atoms with van der Waals surface area (Å²) >= 11 is 1.84. The van der Waals surface area contributed by atoms with E-state index in [0.29, 0.717) is 11.5 Å². The van der Waals surface area contributed by atoms with Gasteiger partial charge in [0, 0.05) is 17.5 Å². The zero-order chi connectivity index (χ0) is 15.0. The minimum atomic E-state index is -0.237. The van der Waals surface area contributed by atoms with Crippen LogP contribution < -0.4 is 5.32 Å². The molecule has 1 aliphatic rings. The van der Waals surface area contributed by atoms with Crippen LogP contribution in [0.5, 0.6) is 0 Å². The van der Waals surface area contributed by atoms with Crippen molar-refractivity contribution in [2.45, 2.75) is 65.5 Å². The number of aromatic nitrogens is 1. The molecule has 0 saturated heterocycles. The van der Waals surface area contributed by atoms with Gasteiger partial charge in [-0.05, 0) is 45.6 Å². The Balaban J connectivity index is 2.39. The zero-order valence-electron chi connectivity index (χ0n) is 13.7. The fraction of sp³-hybridized carbons (Fsp3) is 0.812. The van der Waals surface area contributed by atoms with E-state index < -0.39 is 0 Å². The predicted octanol–water partition coefficient (Wildman–Crippen LogP) is 4.04. The van der Waals surface area contributed by atoms with Crippen molar-refractivity contribution in [3.05, 3.63) is 15.6 Å². The lowest BCUT2D eigenvalue weighted by molar-refractivity contribution is -0.0325. The quantitative estimate of drug-likeness (QED) is 0.890. The molecule has 0 saturated carbocycles. The molecule has 0 radical (unpaired) electrons. The molecule has 1 aromatic heterocycles. The van der Waals surface area contributed by atoms with Crippen molar-refractivity contribution in [2.75, 3.05) is 13.7 Å². The van der Waals surface area contributed by atoms with E-state index in [-0.39, 0.29) is 5.60 Å². The summed E-state index contributed by atoms with van der Waals surface area (Å²) in [6.07, 6.45) is 3.21. The summed E-state index contributed by atoms with van der Waals surface area (Å²) in [5, 5.41) is 4.60. The maximum Gasteiger partial charge on any atom is 0.125 e. The summed E-state index contributed by atoms with van der Waals surface area (Å²) in [5.41, 5.74) is 1.36. The number of hydrogen-bond acceptors (Lipinski definition) is 4. The van der Waals surface area contributed by atoms with Crippen LogP contribution in [-0.4, -0.2) is 18.6 Å². The minimum absolute atomic E-state index is 0.237. The first kappa shape index (κ1) is 15.9. The Bertz CT molecular complexity index is 469. The lowest BCUT2D eigenvalue weighted by Gasteiger charge is -2.34. The maximum atomic E-state index is 5.99. The van der Waals surface area contributed by atoms with Crippen molar-refractivity contribution in [3.63, 3.8) is 0 Å². The van der Waals surface area contributed by atoms with E-state index in [1.807, 2.05) is 11.3 Å². The van der Waals surface area contributed by atoms with Crippen molar-refractivity contribution >= 4 is 11.3 Å². The Morgan fingerprint density at radius 3 is 2.70 bits per heavy atom. The minimum Gasteiger partial charge on any atom is -0.368 e. The number of nitrogens with one attached hydrogen (secondary N) is 1. The van der Waals surface area contributed by atoms with Crippen molar-refractivity contribution in [1.82, 2.24) is 10.3 Å². The SMILES string of the molecule is CCOC(C)(CC)c1nc2c(s1)C(NC)CC(C)(C)C2. The van der Waals surface area contributed by atoms with Crippen LogP contribution in [0.25, 0.3) is 0 Å². The Kier molecular flexibility index (Phi) is 4.57. The second-order valence-corrected chi connectivity index (χ2v) is 7.76. The fourth-order valence-electron chi connectivity index (χ4n) is 3.03. The number of hydrogen-bond donors (Lipinski definition) is 1. The van der Waals surface area contributed by atoms with Gasteiger partial charge in [-0.15, -0.1) is 11.3 Å². The molecule has 0 aliphatic heterocycles. The molecule has 1 N–H and O–H groups in total. The maximum absolute atomic E-state index is 5.99. The molecule has 2 atom stereocenters. The summed E-state index contributed by atoms with van der Waals surface area (Å²) in [6, 6.07) is 0.433. The Morgan fingerprint density at radius 1 is 1.45 bits per heavy atom. The number of rotatable bonds is 5. The lowest BCUT2D eigenvalue weighted by atomic mass is 9.76. The molecule has 0 bridgehead atoms. The van der Waals surface area contributed by atoms with Crippen LogP contribution in [0.3, 0.4) is 0 Å². The molecular formula is C16H28N2OS. The van der Waals surface area contributed by atoms with Gasteiger partial charge < -0.3 is 10.1 Å². The second kappa shape index (κ2) is 5.74. The molecule has 1 aromatic rings. The van der Waals surface area contributed by atoms with Crippen molar-refractivity contribution in [3.8, 4) is 0 Å². The fourth-order valence-corrected chi connectivity index (χ4v) is 4.39. The highest BCUT2D eigenvalue weighted by molar-refractivity contribution is 7.12. The molecule has 20 heavy (non-hydrogen) atoms. The standard InChI is InChI=1S/C16H28N2OS/c1-7-16(5,19-8-2)14-18-12-10-15(3,4)9-11(17-6)13(12)20-14/h11,17H,7-10H2,1-6H3. The highest BCUT2D eigenvalue weighted by Crippen LogP contribution is 2.45. The molecule has 3 nitrogen and oxygen atoms in total.